The van der Waals surface area contributed by atoms with Gasteiger partial charge in [-0.25, -0.2) is 4.98 Å². The topological polar surface area (TPSA) is 83.4 Å². The normalized spacial score (nSPS) is 18.5. The fourth-order valence-corrected chi connectivity index (χ4v) is 3.31. The van der Waals surface area contributed by atoms with E-state index in [1.54, 1.807) is 67.0 Å². The number of nitrogens with zero attached hydrogens (tertiary/aromatic N) is 3. The van der Waals surface area contributed by atoms with Crippen LogP contribution < -0.4 is 4.90 Å². The molecular formula is C21H14ClN3O3. The van der Waals surface area contributed by atoms with Crippen LogP contribution in [0.1, 0.15) is 17.2 Å². The van der Waals surface area contributed by atoms with Crippen molar-refractivity contribution < 1.29 is 14.7 Å². The van der Waals surface area contributed by atoms with Gasteiger partial charge >= 0.3 is 5.91 Å². The number of carbonyl (C=O) groups excluding carboxylic acids is 2. The predicted molar refractivity (Wildman–Crippen MR) is 105 cm³/mol. The van der Waals surface area contributed by atoms with Crippen LogP contribution >= 0.6 is 11.6 Å². The molecule has 0 unspecified atom stereocenters. The van der Waals surface area contributed by atoms with Gasteiger partial charge in [0, 0.05) is 29.2 Å². The number of hydrogen-bond donors (Lipinski definition) is 1. The minimum Gasteiger partial charge on any atom is -0.507 e. The molecule has 0 spiro atoms. The van der Waals surface area contributed by atoms with Gasteiger partial charge in [0.15, 0.2) is 0 Å². The summed E-state index contributed by atoms with van der Waals surface area (Å²) in [4.78, 5) is 35.3. The molecule has 2 aromatic heterocycles. The molecule has 1 aliphatic heterocycles. The second-order valence-corrected chi connectivity index (χ2v) is 6.59. The molecule has 0 aliphatic carbocycles. The highest BCUT2D eigenvalue weighted by Gasteiger charge is 2.47. The smallest absolute Gasteiger partial charge is 0.301 e. The first kappa shape index (κ1) is 17.9. The summed E-state index contributed by atoms with van der Waals surface area (Å²) in [5.74, 6) is -1.51. The van der Waals surface area contributed by atoms with E-state index in [0.29, 0.717) is 22.0 Å². The maximum atomic E-state index is 12.9. The van der Waals surface area contributed by atoms with Gasteiger partial charge < -0.3 is 5.11 Å². The van der Waals surface area contributed by atoms with Crippen molar-refractivity contribution in [1.29, 1.82) is 0 Å². The molecule has 3 aromatic rings. The Morgan fingerprint density at radius 3 is 2.43 bits per heavy atom. The number of aliphatic hydroxyl groups is 1. The van der Waals surface area contributed by atoms with Crippen molar-refractivity contribution >= 4 is 34.9 Å². The summed E-state index contributed by atoms with van der Waals surface area (Å²) >= 11 is 5.91. The van der Waals surface area contributed by atoms with Crippen LogP contribution in [0, 0.1) is 0 Å². The van der Waals surface area contributed by atoms with Gasteiger partial charge in [-0.1, -0.05) is 23.7 Å². The summed E-state index contributed by atoms with van der Waals surface area (Å²) in [6.07, 6.45) is 4.69. The molecule has 1 atom stereocenters. The van der Waals surface area contributed by atoms with Crippen molar-refractivity contribution in [3.63, 3.8) is 0 Å². The fourth-order valence-electron chi connectivity index (χ4n) is 3.18. The Kier molecular flexibility index (Phi) is 4.63. The average Bonchev–Trinajstić information content (AvgIpc) is 3.00. The van der Waals surface area contributed by atoms with Crippen molar-refractivity contribution in [3.05, 3.63) is 94.9 Å². The molecular weight excluding hydrogens is 378 g/mol. The van der Waals surface area contributed by atoms with E-state index in [9.17, 15) is 14.7 Å². The van der Waals surface area contributed by atoms with Gasteiger partial charge in [0.05, 0.1) is 11.6 Å². The lowest BCUT2D eigenvalue weighted by Crippen LogP contribution is -2.30. The van der Waals surface area contributed by atoms with Crippen molar-refractivity contribution in [3.8, 4) is 0 Å². The van der Waals surface area contributed by atoms with Crippen LogP contribution in [0.2, 0.25) is 5.02 Å². The van der Waals surface area contributed by atoms with Gasteiger partial charge in [0.25, 0.3) is 5.78 Å². The Balaban J connectivity index is 1.94. The Bertz CT molecular complexity index is 1070. The Labute approximate surface area is 165 Å². The van der Waals surface area contributed by atoms with Crippen LogP contribution in [0.4, 0.5) is 5.82 Å². The fraction of sp³-hybridized carbons (Fsp3) is 0.0476. The molecule has 138 valence electrons. The number of ketones is 1. The molecule has 1 N–H and O–H groups in total. The molecule has 1 saturated heterocycles. The number of rotatable bonds is 3. The maximum absolute atomic E-state index is 12.9. The molecule has 1 aliphatic rings. The third-order valence-electron chi connectivity index (χ3n) is 4.46. The molecule has 7 heteroatoms. The molecule has 0 radical (unpaired) electrons. The zero-order valence-corrected chi connectivity index (χ0v) is 15.2. The second kappa shape index (κ2) is 7.25. The molecule has 3 heterocycles. The van der Waals surface area contributed by atoms with E-state index in [1.165, 1.54) is 11.1 Å². The van der Waals surface area contributed by atoms with Gasteiger partial charge in [-0.15, -0.1) is 0 Å². The lowest BCUT2D eigenvalue weighted by atomic mass is 9.96. The van der Waals surface area contributed by atoms with Crippen LogP contribution in [-0.2, 0) is 9.59 Å². The predicted octanol–water partition coefficient (Wildman–Crippen LogP) is 3.76. The van der Waals surface area contributed by atoms with Gasteiger partial charge in [0.1, 0.15) is 11.6 Å². The first-order valence-corrected chi connectivity index (χ1v) is 8.83. The number of anilines is 1. The van der Waals surface area contributed by atoms with Crippen LogP contribution in [0.15, 0.2) is 78.8 Å². The number of hydrogen-bond acceptors (Lipinski definition) is 5. The molecule has 1 amide bonds. The summed E-state index contributed by atoms with van der Waals surface area (Å²) in [5.41, 5.74) is 0.950. The summed E-state index contributed by atoms with van der Waals surface area (Å²) in [6, 6.07) is 14.1. The largest absolute Gasteiger partial charge is 0.507 e. The van der Waals surface area contributed by atoms with E-state index in [4.69, 9.17) is 11.6 Å². The molecule has 1 aromatic carbocycles. The van der Waals surface area contributed by atoms with Gasteiger partial charge in [-0.3, -0.25) is 19.5 Å². The van der Waals surface area contributed by atoms with Crippen LogP contribution in [0.25, 0.3) is 5.76 Å². The number of benzene rings is 1. The highest BCUT2D eigenvalue weighted by atomic mass is 35.5. The molecule has 6 nitrogen and oxygen atoms in total. The van der Waals surface area contributed by atoms with Crippen LogP contribution in [-0.4, -0.2) is 26.8 Å². The van der Waals surface area contributed by atoms with E-state index in [0.717, 1.165) is 0 Å². The SMILES string of the molecule is O=C1C(=O)N(c2ccccn2)[C@H](c2cccnc2)/C1=C(\O)c1ccc(Cl)cc1. The summed E-state index contributed by atoms with van der Waals surface area (Å²) in [7, 11) is 0. The minimum atomic E-state index is -0.848. The lowest BCUT2D eigenvalue weighted by molar-refractivity contribution is -0.132. The third-order valence-corrected chi connectivity index (χ3v) is 4.71. The number of carbonyl (C=O) groups is 2. The number of aromatic nitrogens is 2. The Hall–Kier alpha value is -3.51. The van der Waals surface area contributed by atoms with E-state index in [-0.39, 0.29) is 11.3 Å². The Morgan fingerprint density at radius 1 is 1.00 bits per heavy atom. The summed E-state index contributed by atoms with van der Waals surface area (Å²) in [6.45, 7) is 0. The number of Topliss-reactive ketones (excluding diaryl/α,β-unsaturated/α-hetero) is 1. The molecule has 0 bridgehead atoms. The molecule has 4 rings (SSSR count). The third kappa shape index (κ3) is 3.04. The number of amides is 1. The number of pyridine rings is 2. The maximum Gasteiger partial charge on any atom is 0.301 e. The minimum absolute atomic E-state index is 0.0222. The zero-order valence-electron chi connectivity index (χ0n) is 14.5. The summed E-state index contributed by atoms with van der Waals surface area (Å²) < 4.78 is 0. The molecule has 28 heavy (non-hydrogen) atoms. The lowest BCUT2D eigenvalue weighted by Gasteiger charge is -2.24. The zero-order chi connectivity index (χ0) is 19.7. The summed E-state index contributed by atoms with van der Waals surface area (Å²) in [5, 5.41) is 11.4. The first-order chi connectivity index (χ1) is 13.6. The van der Waals surface area contributed by atoms with Crippen LogP contribution in [0.5, 0.6) is 0 Å². The molecule has 1 fully saturated rings. The van der Waals surface area contributed by atoms with E-state index >= 15 is 0 Å². The monoisotopic (exact) mass is 391 g/mol. The highest BCUT2D eigenvalue weighted by molar-refractivity contribution is 6.51. The number of aliphatic hydroxyl groups excluding tert-OH is 1. The first-order valence-electron chi connectivity index (χ1n) is 8.46. The van der Waals surface area contributed by atoms with Gasteiger partial charge in [-0.2, -0.15) is 0 Å². The number of halogens is 1. The average molecular weight is 392 g/mol. The van der Waals surface area contributed by atoms with E-state index < -0.39 is 17.7 Å². The van der Waals surface area contributed by atoms with E-state index in [2.05, 4.69) is 9.97 Å². The van der Waals surface area contributed by atoms with Crippen molar-refractivity contribution in [2.45, 2.75) is 6.04 Å². The standard InChI is InChI=1S/C21H14ClN3O3/c22-15-8-6-13(7-9-15)19(26)17-18(14-4-3-10-23-12-14)25(21(28)20(17)27)16-5-1-2-11-24-16/h1-12,18,26H/b19-17+/t18-/m1/s1. The highest BCUT2D eigenvalue weighted by Crippen LogP contribution is 2.41. The molecule has 0 saturated carbocycles. The second-order valence-electron chi connectivity index (χ2n) is 6.15. The van der Waals surface area contributed by atoms with Crippen molar-refractivity contribution in [2.75, 3.05) is 4.90 Å². The van der Waals surface area contributed by atoms with Gasteiger partial charge in [-0.05, 0) is 48.0 Å². The quantitative estimate of drug-likeness (QED) is 0.417. The van der Waals surface area contributed by atoms with E-state index in [1.807, 2.05) is 0 Å². The van der Waals surface area contributed by atoms with Gasteiger partial charge in [0.2, 0.25) is 0 Å². The van der Waals surface area contributed by atoms with Crippen LogP contribution in [0.3, 0.4) is 0 Å². The van der Waals surface area contributed by atoms with Crippen molar-refractivity contribution in [2.24, 2.45) is 0 Å². The Morgan fingerprint density at radius 2 is 1.79 bits per heavy atom. The van der Waals surface area contributed by atoms with Crippen molar-refractivity contribution in [1.82, 2.24) is 9.97 Å².